The van der Waals surface area contributed by atoms with Gasteiger partial charge >= 0.3 is 0 Å². The van der Waals surface area contributed by atoms with Crippen LogP contribution in [0.15, 0.2) is 11.4 Å². The van der Waals surface area contributed by atoms with Crippen molar-refractivity contribution in [3.05, 3.63) is 11.9 Å². The molecule has 28 heavy (non-hydrogen) atoms. The highest BCUT2D eigenvalue weighted by Gasteiger charge is 2.26. The van der Waals surface area contributed by atoms with E-state index in [2.05, 4.69) is 21.8 Å². The highest BCUT2D eigenvalue weighted by molar-refractivity contribution is 7.91. The Kier molecular flexibility index (Phi) is 7.87. The summed E-state index contributed by atoms with van der Waals surface area (Å²) in [5.74, 6) is 0.127. The molecule has 0 saturated carbocycles. The van der Waals surface area contributed by atoms with Crippen LogP contribution >= 0.6 is 0 Å². The minimum atomic E-state index is -3.37. The maximum atomic E-state index is 12.7. The van der Waals surface area contributed by atoms with Gasteiger partial charge in [0, 0.05) is 39.3 Å². The summed E-state index contributed by atoms with van der Waals surface area (Å²) in [6.07, 6.45) is 4.39. The molecule has 0 amide bonds. The third-order valence-corrected chi connectivity index (χ3v) is 7.22. The molecule has 1 aromatic rings. The zero-order valence-corrected chi connectivity index (χ0v) is 18.0. The van der Waals surface area contributed by atoms with Crippen molar-refractivity contribution < 1.29 is 17.9 Å². The fourth-order valence-electron chi connectivity index (χ4n) is 3.81. The molecule has 3 rings (SSSR count). The summed E-state index contributed by atoms with van der Waals surface area (Å²) in [6, 6.07) is 0. The van der Waals surface area contributed by atoms with Crippen molar-refractivity contribution in [2.45, 2.75) is 50.5 Å². The SMILES string of the molecule is CCCS(=O)(=O)c1ncc(CN(C)CCN2CCOCC2)n1CC1CCCO1. The van der Waals surface area contributed by atoms with Crippen LogP contribution in [0.1, 0.15) is 31.9 Å². The number of hydrogen-bond donors (Lipinski definition) is 0. The lowest BCUT2D eigenvalue weighted by Gasteiger charge is -2.28. The Labute approximate surface area is 168 Å². The first-order valence-electron chi connectivity index (χ1n) is 10.4. The van der Waals surface area contributed by atoms with Crippen LogP contribution in [0.5, 0.6) is 0 Å². The molecular weight excluding hydrogens is 380 g/mol. The normalized spacial score (nSPS) is 21.6. The van der Waals surface area contributed by atoms with Crippen molar-refractivity contribution in [3.8, 4) is 0 Å². The van der Waals surface area contributed by atoms with Gasteiger partial charge in [-0.2, -0.15) is 0 Å². The highest BCUT2D eigenvalue weighted by Crippen LogP contribution is 2.20. The Morgan fingerprint density at radius 3 is 2.75 bits per heavy atom. The van der Waals surface area contributed by atoms with E-state index >= 15 is 0 Å². The third kappa shape index (κ3) is 5.76. The average Bonchev–Trinajstić information content (AvgIpc) is 3.32. The number of sulfone groups is 1. The minimum Gasteiger partial charge on any atom is -0.379 e. The van der Waals surface area contributed by atoms with Gasteiger partial charge in [0.2, 0.25) is 15.0 Å². The summed E-state index contributed by atoms with van der Waals surface area (Å²) in [4.78, 5) is 8.95. The van der Waals surface area contributed by atoms with Crippen LogP contribution in [0.4, 0.5) is 0 Å². The fourth-order valence-corrected chi connectivity index (χ4v) is 5.27. The van der Waals surface area contributed by atoms with Crippen LogP contribution in [0.2, 0.25) is 0 Å². The van der Waals surface area contributed by atoms with Crippen molar-refractivity contribution in [2.75, 3.05) is 58.8 Å². The number of imidazole rings is 1. The first-order chi connectivity index (χ1) is 13.5. The van der Waals surface area contributed by atoms with Gasteiger partial charge in [0.15, 0.2) is 0 Å². The molecule has 160 valence electrons. The summed E-state index contributed by atoms with van der Waals surface area (Å²) < 4.78 is 38.5. The van der Waals surface area contributed by atoms with Gasteiger partial charge in [-0.05, 0) is 26.3 Å². The predicted molar refractivity (Wildman–Crippen MR) is 107 cm³/mol. The number of aromatic nitrogens is 2. The van der Waals surface area contributed by atoms with Gasteiger partial charge in [-0.15, -0.1) is 0 Å². The topological polar surface area (TPSA) is 76.9 Å². The van der Waals surface area contributed by atoms with E-state index in [1.165, 1.54) is 0 Å². The van der Waals surface area contributed by atoms with Gasteiger partial charge in [0.1, 0.15) is 0 Å². The Bertz CT molecular complexity index is 710. The molecule has 0 N–H and O–H groups in total. The highest BCUT2D eigenvalue weighted by atomic mass is 32.2. The Balaban J connectivity index is 1.68. The molecule has 0 radical (unpaired) electrons. The van der Waals surface area contributed by atoms with Gasteiger partial charge < -0.3 is 14.0 Å². The number of rotatable bonds is 10. The molecule has 1 unspecified atom stereocenters. The second-order valence-corrected chi connectivity index (χ2v) is 9.79. The summed E-state index contributed by atoms with van der Waals surface area (Å²) in [7, 11) is -1.30. The monoisotopic (exact) mass is 414 g/mol. The molecule has 2 aliphatic heterocycles. The molecule has 9 heteroatoms. The molecule has 0 spiro atoms. The molecule has 0 aliphatic carbocycles. The van der Waals surface area contributed by atoms with Crippen LogP contribution in [-0.2, 0) is 32.4 Å². The van der Waals surface area contributed by atoms with Gasteiger partial charge in [0.25, 0.3) is 0 Å². The average molecular weight is 415 g/mol. The standard InChI is InChI=1S/C19H34N4O4S/c1-3-13-28(24,25)19-20-14-17(23(19)16-18-5-4-10-27-18)15-21(2)6-7-22-8-11-26-12-9-22/h14,18H,3-13,15-16H2,1-2H3. The van der Waals surface area contributed by atoms with Gasteiger partial charge in [-0.3, -0.25) is 9.80 Å². The number of hydrogen-bond acceptors (Lipinski definition) is 7. The van der Waals surface area contributed by atoms with E-state index in [1.54, 1.807) is 6.20 Å². The number of morpholine rings is 1. The van der Waals surface area contributed by atoms with Crippen molar-refractivity contribution in [2.24, 2.45) is 0 Å². The first-order valence-corrected chi connectivity index (χ1v) is 12.0. The van der Waals surface area contributed by atoms with Crippen LogP contribution in [-0.4, -0.2) is 92.7 Å². The number of ether oxygens (including phenoxy) is 2. The van der Waals surface area contributed by atoms with E-state index < -0.39 is 9.84 Å². The minimum absolute atomic E-state index is 0.0715. The van der Waals surface area contributed by atoms with Gasteiger partial charge in [-0.25, -0.2) is 13.4 Å². The third-order valence-electron chi connectivity index (χ3n) is 5.40. The molecule has 2 fully saturated rings. The summed E-state index contributed by atoms with van der Waals surface area (Å²) in [5, 5.41) is 0.196. The number of nitrogens with zero attached hydrogens (tertiary/aromatic N) is 4. The van der Waals surface area contributed by atoms with E-state index in [0.29, 0.717) is 19.5 Å². The molecular formula is C19H34N4O4S. The Morgan fingerprint density at radius 2 is 2.07 bits per heavy atom. The molecule has 0 aromatic carbocycles. The predicted octanol–water partition coefficient (Wildman–Crippen LogP) is 1.01. The molecule has 2 saturated heterocycles. The van der Waals surface area contributed by atoms with E-state index in [9.17, 15) is 8.42 Å². The Morgan fingerprint density at radius 1 is 1.29 bits per heavy atom. The molecule has 1 aromatic heterocycles. The van der Waals surface area contributed by atoms with Crippen molar-refractivity contribution >= 4 is 9.84 Å². The summed E-state index contributed by atoms with van der Waals surface area (Å²) >= 11 is 0. The van der Waals surface area contributed by atoms with E-state index in [-0.39, 0.29) is 17.0 Å². The second-order valence-electron chi connectivity index (χ2n) is 7.79. The van der Waals surface area contributed by atoms with Crippen LogP contribution in [0, 0.1) is 0 Å². The van der Waals surface area contributed by atoms with Crippen molar-refractivity contribution in [3.63, 3.8) is 0 Å². The molecule has 8 nitrogen and oxygen atoms in total. The lowest BCUT2D eigenvalue weighted by Crippen LogP contribution is -2.40. The molecule has 0 bridgehead atoms. The van der Waals surface area contributed by atoms with Crippen LogP contribution < -0.4 is 0 Å². The van der Waals surface area contributed by atoms with Crippen LogP contribution in [0.25, 0.3) is 0 Å². The fraction of sp³-hybridized carbons (Fsp3) is 0.842. The lowest BCUT2D eigenvalue weighted by atomic mass is 10.2. The van der Waals surface area contributed by atoms with E-state index in [0.717, 1.165) is 64.5 Å². The van der Waals surface area contributed by atoms with Gasteiger partial charge in [0.05, 0.1) is 43.5 Å². The first kappa shape index (κ1) is 21.7. The summed E-state index contributed by atoms with van der Waals surface area (Å²) in [6.45, 7) is 9.33. The summed E-state index contributed by atoms with van der Waals surface area (Å²) in [5.41, 5.74) is 0.939. The quantitative estimate of drug-likeness (QED) is 0.565. The number of likely N-dealkylation sites (N-methyl/N-ethyl adjacent to an activating group) is 1. The molecule has 2 aliphatic rings. The maximum Gasteiger partial charge on any atom is 0.227 e. The zero-order valence-electron chi connectivity index (χ0n) is 17.2. The van der Waals surface area contributed by atoms with Crippen LogP contribution in [0.3, 0.4) is 0 Å². The van der Waals surface area contributed by atoms with Crippen molar-refractivity contribution in [1.29, 1.82) is 0 Å². The Hall–Kier alpha value is -1.00. The zero-order chi connectivity index (χ0) is 20.0. The smallest absolute Gasteiger partial charge is 0.227 e. The molecule has 3 heterocycles. The van der Waals surface area contributed by atoms with E-state index in [4.69, 9.17) is 9.47 Å². The second kappa shape index (κ2) is 10.2. The van der Waals surface area contributed by atoms with E-state index in [1.807, 2.05) is 11.5 Å². The largest absolute Gasteiger partial charge is 0.379 e. The van der Waals surface area contributed by atoms with Gasteiger partial charge in [-0.1, -0.05) is 6.92 Å². The lowest BCUT2D eigenvalue weighted by molar-refractivity contribution is 0.0340. The van der Waals surface area contributed by atoms with Crippen molar-refractivity contribution in [1.82, 2.24) is 19.4 Å². The maximum absolute atomic E-state index is 12.7. The molecule has 1 atom stereocenters.